The second-order valence-corrected chi connectivity index (χ2v) is 21.6. The van der Waals surface area contributed by atoms with E-state index in [2.05, 4.69) is 46.5 Å². The van der Waals surface area contributed by atoms with Gasteiger partial charge in [-0.15, -0.1) is 0 Å². The number of halogens is 1. The number of carbonyl (C=O) groups excluding carboxylic acids is 2. The maximum absolute atomic E-state index is 14.4. The van der Waals surface area contributed by atoms with Crippen molar-refractivity contribution in [2.24, 2.45) is 0 Å². The standard InChI is InChI=1S/C32H42FN2O4PSi/c1-20(2)41(21(3)4,22(5)6)39-30-28-27(18-24-10-9-16-34-29(24)30)26(15-17-40(7,8)38)31(36)35(32(28)37)19-23-11-13-25(33)14-12-23/h9-14,16,18,20-22,26H,15,17,19H2,1-8H3. The zero-order chi connectivity index (χ0) is 30.3. The zero-order valence-electron chi connectivity index (χ0n) is 25.4. The normalized spacial score (nSPS) is 16.3. The summed E-state index contributed by atoms with van der Waals surface area (Å²) in [5.74, 6) is -1.39. The number of pyridine rings is 1. The first-order chi connectivity index (χ1) is 19.2. The molecule has 1 aliphatic rings. The predicted octanol–water partition coefficient (Wildman–Crippen LogP) is 8.21. The average molecular weight is 597 g/mol. The summed E-state index contributed by atoms with van der Waals surface area (Å²) in [4.78, 5) is 34.4. The van der Waals surface area contributed by atoms with E-state index in [-0.39, 0.29) is 34.9 Å². The zero-order valence-corrected chi connectivity index (χ0v) is 27.3. The molecule has 2 amide bonds. The molecule has 9 heteroatoms. The van der Waals surface area contributed by atoms with Crippen LogP contribution in [0, 0.1) is 5.82 Å². The summed E-state index contributed by atoms with van der Waals surface area (Å²) in [6.07, 6.45) is 2.41. The van der Waals surface area contributed by atoms with E-state index in [1.807, 2.05) is 18.2 Å². The summed E-state index contributed by atoms with van der Waals surface area (Å²) < 4.78 is 33.7. The van der Waals surface area contributed by atoms with Gasteiger partial charge in [0.05, 0.1) is 25.2 Å². The van der Waals surface area contributed by atoms with E-state index >= 15 is 0 Å². The molecule has 0 N–H and O–H groups in total. The summed E-state index contributed by atoms with van der Waals surface area (Å²) in [6, 6.07) is 11.5. The van der Waals surface area contributed by atoms with Gasteiger partial charge in [-0.2, -0.15) is 0 Å². The molecule has 1 aliphatic heterocycles. The maximum atomic E-state index is 14.4. The number of benzene rings is 2. The number of carbonyl (C=O) groups is 2. The molecule has 0 fully saturated rings. The minimum Gasteiger partial charge on any atom is -0.541 e. The van der Waals surface area contributed by atoms with Crippen LogP contribution in [0.1, 0.15) is 75.4 Å². The van der Waals surface area contributed by atoms with Gasteiger partial charge in [-0.05, 0) is 71.8 Å². The van der Waals surface area contributed by atoms with Gasteiger partial charge in [0.15, 0.2) is 0 Å². The third kappa shape index (κ3) is 6.05. The molecule has 0 bridgehead atoms. The molecule has 220 valence electrons. The highest BCUT2D eigenvalue weighted by Gasteiger charge is 2.49. The topological polar surface area (TPSA) is 76.6 Å². The average Bonchev–Trinajstić information content (AvgIpc) is 2.88. The molecule has 1 aromatic heterocycles. The smallest absolute Gasteiger partial charge is 0.264 e. The first-order valence-corrected chi connectivity index (χ1v) is 19.3. The fourth-order valence-electron chi connectivity index (χ4n) is 6.54. The van der Waals surface area contributed by atoms with Crippen LogP contribution in [0.25, 0.3) is 10.9 Å². The largest absolute Gasteiger partial charge is 0.541 e. The van der Waals surface area contributed by atoms with Gasteiger partial charge >= 0.3 is 0 Å². The number of fused-ring (bicyclic) bond motifs is 2. The van der Waals surface area contributed by atoms with Crippen molar-refractivity contribution in [3.05, 3.63) is 71.2 Å². The highest BCUT2D eigenvalue weighted by atomic mass is 31.2. The molecule has 6 nitrogen and oxygen atoms in total. The Hall–Kier alpha value is -2.83. The Morgan fingerprint density at radius 2 is 1.61 bits per heavy atom. The van der Waals surface area contributed by atoms with Crippen molar-refractivity contribution in [2.75, 3.05) is 19.5 Å². The van der Waals surface area contributed by atoms with Crippen molar-refractivity contribution in [3.8, 4) is 5.75 Å². The number of hydrogen-bond acceptors (Lipinski definition) is 5. The third-order valence-corrected chi connectivity index (χ3v) is 15.8. The minimum atomic E-state index is -2.55. The Morgan fingerprint density at radius 1 is 1.00 bits per heavy atom. The van der Waals surface area contributed by atoms with Gasteiger partial charge in [-0.1, -0.05) is 59.7 Å². The van der Waals surface area contributed by atoms with Crippen molar-refractivity contribution >= 4 is 38.2 Å². The fourth-order valence-corrected chi connectivity index (χ4v) is 12.7. The molecule has 0 saturated carbocycles. The van der Waals surface area contributed by atoms with Crippen LogP contribution in [0.2, 0.25) is 16.6 Å². The quantitative estimate of drug-likeness (QED) is 0.134. The van der Waals surface area contributed by atoms with Gasteiger partial charge in [0.25, 0.3) is 14.2 Å². The SMILES string of the molecule is CC(C)[Si](Oc1c2c(cc3cccnc13)C(CCP(C)(C)=O)C(=O)N(Cc1ccc(F)cc1)C2=O)(C(C)C)C(C)C. The van der Waals surface area contributed by atoms with Crippen LogP contribution < -0.4 is 4.43 Å². The van der Waals surface area contributed by atoms with Crippen LogP contribution in [0.15, 0.2) is 48.7 Å². The van der Waals surface area contributed by atoms with Gasteiger partial charge in [-0.25, -0.2) is 4.39 Å². The monoisotopic (exact) mass is 596 g/mol. The van der Waals surface area contributed by atoms with E-state index in [1.54, 1.807) is 31.7 Å². The van der Waals surface area contributed by atoms with Crippen LogP contribution >= 0.6 is 7.14 Å². The Morgan fingerprint density at radius 3 is 2.17 bits per heavy atom. The van der Waals surface area contributed by atoms with E-state index in [1.165, 1.54) is 17.0 Å². The van der Waals surface area contributed by atoms with Crippen molar-refractivity contribution in [3.63, 3.8) is 0 Å². The van der Waals surface area contributed by atoms with Gasteiger partial charge in [0, 0.05) is 17.7 Å². The second kappa shape index (κ2) is 11.8. The van der Waals surface area contributed by atoms with Crippen LogP contribution in [-0.4, -0.2) is 49.5 Å². The molecule has 1 unspecified atom stereocenters. The molecule has 4 rings (SSSR count). The van der Waals surface area contributed by atoms with Crippen LogP contribution in [-0.2, 0) is 15.9 Å². The van der Waals surface area contributed by atoms with Crippen molar-refractivity contribution in [1.82, 2.24) is 9.88 Å². The summed E-state index contributed by atoms with van der Waals surface area (Å²) in [6.45, 7) is 16.6. The van der Waals surface area contributed by atoms with Crippen molar-refractivity contribution in [1.29, 1.82) is 0 Å². The summed E-state index contributed by atoms with van der Waals surface area (Å²) in [7, 11) is -4.99. The van der Waals surface area contributed by atoms with Crippen LogP contribution in [0.4, 0.5) is 4.39 Å². The highest BCUT2D eigenvalue weighted by Crippen LogP contribution is 2.49. The fraction of sp³-hybridized carbons (Fsp3) is 0.469. The van der Waals surface area contributed by atoms with Gasteiger partial charge in [0.1, 0.15) is 17.1 Å². The van der Waals surface area contributed by atoms with E-state index in [9.17, 15) is 18.5 Å². The minimum absolute atomic E-state index is 0.00457. The first kappa shape index (κ1) is 31.1. The Labute approximate surface area is 244 Å². The van der Waals surface area contributed by atoms with Crippen molar-refractivity contribution < 1.29 is 23.0 Å². The van der Waals surface area contributed by atoms with E-state index in [0.29, 0.717) is 40.5 Å². The lowest BCUT2D eigenvalue weighted by molar-refractivity contribution is -0.131. The highest BCUT2D eigenvalue weighted by molar-refractivity contribution is 7.62. The molecular weight excluding hydrogens is 554 g/mol. The van der Waals surface area contributed by atoms with Gasteiger partial charge in [0.2, 0.25) is 5.91 Å². The number of imide groups is 1. The Balaban J connectivity index is 1.99. The Kier molecular flexibility index (Phi) is 8.96. The maximum Gasteiger partial charge on any atom is 0.264 e. The van der Waals surface area contributed by atoms with E-state index < -0.39 is 27.3 Å². The predicted molar refractivity (Wildman–Crippen MR) is 166 cm³/mol. The number of rotatable bonds is 10. The van der Waals surface area contributed by atoms with Gasteiger partial charge in [-0.3, -0.25) is 19.5 Å². The molecule has 0 aliphatic carbocycles. The lowest BCUT2D eigenvalue weighted by Gasteiger charge is -2.43. The second-order valence-electron chi connectivity index (χ2n) is 12.7. The van der Waals surface area contributed by atoms with Crippen LogP contribution in [0.5, 0.6) is 5.75 Å². The van der Waals surface area contributed by atoms with Crippen LogP contribution in [0.3, 0.4) is 0 Å². The molecule has 0 radical (unpaired) electrons. The molecule has 2 aromatic carbocycles. The molecule has 2 heterocycles. The van der Waals surface area contributed by atoms with E-state index in [4.69, 9.17) is 4.43 Å². The number of aromatic nitrogens is 1. The molecular formula is C32H42FN2O4PSi. The molecule has 3 aromatic rings. The lowest BCUT2D eigenvalue weighted by atomic mass is 9.84. The molecule has 0 spiro atoms. The summed E-state index contributed by atoms with van der Waals surface area (Å²) in [5.41, 5.74) is 2.95. The number of amides is 2. The van der Waals surface area contributed by atoms with Gasteiger partial charge < -0.3 is 8.99 Å². The lowest BCUT2D eigenvalue weighted by Crippen LogP contribution is -2.51. The molecule has 41 heavy (non-hydrogen) atoms. The molecule has 1 atom stereocenters. The first-order valence-electron chi connectivity index (χ1n) is 14.4. The third-order valence-electron chi connectivity index (χ3n) is 8.48. The van der Waals surface area contributed by atoms with Crippen molar-refractivity contribution in [2.45, 2.75) is 77.0 Å². The number of hydrogen-bond donors (Lipinski definition) is 0. The summed E-state index contributed by atoms with van der Waals surface area (Å²) >= 11 is 0. The Bertz CT molecular complexity index is 1480. The van der Waals surface area contributed by atoms with E-state index in [0.717, 1.165) is 5.39 Å². The summed E-state index contributed by atoms with van der Waals surface area (Å²) in [5, 5.41) is 0.800. The number of nitrogens with zero attached hydrogens (tertiary/aromatic N) is 2. The molecule has 0 saturated heterocycles.